The molecule has 1 saturated heterocycles. The van der Waals surface area contributed by atoms with Gasteiger partial charge in [-0.25, -0.2) is 0 Å². The van der Waals surface area contributed by atoms with Crippen LogP contribution in [-0.2, 0) is 4.79 Å². The van der Waals surface area contributed by atoms with Crippen LogP contribution in [0.4, 0.5) is 0 Å². The van der Waals surface area contributed by atoms with Gasteiger partial charge in [0.2, 0.25) is 5.91 Å². The van der Waals surface area contributed by atoms with Gasteiger partial charge < -0.3 is 15.1 Å². The second-order valence-electron chi connectivity index (χ2n) is 5.47. The lowest BCUT2D eigenvalue weighted by Gasteiger charge is -2.31. The minimum atomic E-state index is -0.752. The number of likely N-dealkylation sites (tertiary alicyclic amines) is 1. The molecule has 19 heavy (non-hydrogen) atoms. The SMILES string of the molecule is O=C1[C@H]2CCC[C@H]2[C@H](O)N1C(CO)c1ccccc1. The molecule has 0 spiro atoms. The summed E-state index contributed by atoms with van der Waals surface area (Å²) < 4.78 is 0. The fraction of sp³-hybridized carbons (Fsp3) is 0.533. The van der Waals surface area contributed by atoms with Gasteiger partial charge in [0.1, 0.15) is 6.23 Å². The normalized spacial score (nSPS) is 31.6. The molecule has 0 bridgehead atoms. The first-order valence-electron chi connectivity index (χ1n) is 6.90. The zero-order valence-electron chi connectivity index (χ0n) is 10.8. The van der Waals surface area contributed by atoms with E-state index < -0.39 is 12.3 Å². The summed E-state index contributed by atoms with van der Waals surface area (Å²) in [4.78, 5) is 13.9. The second-order valence-corrected chi connectivity index (χ2v) is 5.47. The molecule has 1 aromatic carbocycles. The molecule has 1 aliphatic heterocycles. The average molecular weight is 261 g/mol. The van der Waals surface area contributed by atoms with Crippen LogP contribution < -0.4 is 0 Å². The summed E-state index contributed by atoms with van der Waals surface area (Å²) in [7, 11) is 0. The molecule has 4 atom stereocenters. The van der Waals surface area contributed by atoms with E-state index in [9.17, 15) is 15.0 Å². The van der Waals surface area contributed by atoms with E-state index >= 15 is 0 Å². The van der Waals surface area contributed by atoms with Gasteiger partial charge in [0.05, 0.1) is 12.6 Å². The third-order valence-electron chi connectivity index (χ3n) is 4.50. The van der Waals surface area contributed by atoms with Gasteiger partial charge in [-0.1, -0.05) is 36.8 Å². The number of amides is 1. The molecule has 1 aromatic rings. The molecule has 2 aliphatic rings. The van der Waals surface area contributed by atoms with E-state index in [0.717, 1.165) is 24.8 Å². The molecule has 1 heterocycles. The van der Waals surface area contributed by atoms with Gasteiger partial charge >= 0.3 is 0 Å². The van der Waals surface area contributed by atoms with Crippen molar-refractivity contribution in [1.29, 1.82) is 0 Å². The van der Waals surface area contributed by atoms with Crippen molar-refractivity contribution in [3.63, 3.8) is 0 Å². The largest absolute Gasteiger partial charge is 0.394 e. The lowest BCUT2D eigenvalue weighted by atomic mass is 9.99. The van der Waals surface area contributed by atoms with Crippen LogP contribution in [0.1, 0.15) is 30.9 Å². The number of aliphatic hydroxyl groups is 2. The quantitative estimate of drug-likeness (QED) is 0.862. The molecule has 2 fully saturated rings. The Labute approximate surface area is 112 Å². The number of hydrogen-bond acceptors (Lipinski definition) is 3. The summed E-state index contributed by atoms with van der Waals surface area (Å²) in [6, 6.07) is 8.99. The van der Waals surface area contributed by atoms with Gasteiger partial charge in [-0.15, -0.1) is 0 Å². The summed E-state index contributed by atoms with van der Waals surface area (Å²) in [5.74, 6) is -0.00377. The minimum absolute atomic E-state index is 0.00194. The average Bonchev–Trinajstić information content (AvgIpc) is 3.00. The standard InChI is InChI=1S/C15H19NO3/c17-9-13(10-5-2-1-3-6-10)16-14(18)11-7-4-8-12(11)15(16)19/h1-3,5-6,11-14,17-18H,4,7-9H2/t11-,12+,13?,14+/m1/s1. The number of carbonyl (C=O) groups is 1. The zero-order chi connectivity index (χ0) is 13.4. The summed E-state index contributed by atoms with van der Waals surface area (Å²) in [6.45, 7) is -0.160. The van der Waals surface area contributed by atoms with E-state index in [1.165, 1.54) is 4.90 Å². The third-order valence-corrected chi connectivity index (χ3v) is 4.50. The number of rotatable bonds is 3. The molecule has 1 aliphatic carbocycles. The first kappa shape index (κ1) is 12.6. The van der Waals surface area contributed by atoms with Crippen molar-refractivity contribution in [2.75, 3.05) is 6.61 Å². The summed E-state index contributed by atoms with van der Waals surface area (Å²) in [5.41, 5.74) is 0.873. The Hall–Kier alpha value is -1.39. The molecule has 2 N–H and O–H groups in total. The number of carbonyl (C=O) groups excluding carboxylic acids is 1. The minimum Gasteiger partial charge on any atom is -0.394 e. The lowest BCUT2D eigenvalue weighted by Crippen LogP contribution is -2.40. The van der Waals surface area contributed by atoms with Crippen molar-refractivity contribution < 1.29 is 15.0 Å². The summed E-state index contributed by atoms with van der Waals surface area (Å²) >= 11 is 0. The summed E-state index contributed by atoms with van der Waals surface area (Å²) in [5, 5.41) is 20.0. The molecule has 3 rings (SSSR count). The van der Waals surface area contributed by atoms with Crippen molar-refractivity contribution in [2.45, 2.75) is 31.5 Å². The zero-order valence-corrected chi connectivity index (χ0v) is 10.8. The second kappa shape index (κ2) is 4.94. The third kappa shape index (κ3) is 1.95. The summed E-state index contributed by atoms with van der Waals surface area (Å²) in [6.07, 6.45) is 2.03. The molecule has 4 nitrogen and oxygen atoms in total. The molecular weight excluding hydrogens is 242 g/mol. The molecule has 4 heteroatoms. The van der Waals surface area contributed by atoms with Crippen LogP contribution in [-0.4, -0.2) is 33.9 Å². The number of fused-ring (bicyclic) bond motifs is 1. The Balaban J connectivity index is 1.90. The van der Waals surface area contributed by atoms with Crippen molar-refractivity contribution in [2.24, 2.45) is 11.8 Å². The maximum Gasteiger partial charge on any atom is 0.228 e. The molecule has 102 valence electrons. The number of benzene rings is 1. The first-order valence-corrected chi connectivity index (χ1v) is 6.90. The van der Waals surface area contributed by atoms with Crippen LogP contribution in [0.2, 0.25) is 0 Å². The highest BCUT2D eigenvalue weighted by Gasteiger charge is 2.51. The van der Waals surface area contributed by atoms with Crippen LogP contribution in [0.25, 0.3) is 0 Å². The maximum atomic E-state index is 12.4. The topological polar surface area (TPSA) is 60.8 Å². The highest BCUT2D eigenvalue weighted by atomic mass is 16.3. The number of nitrogens with zero attached hydrogens (tertiary/aromatic N) is 1. The monoisotopic (exact) mass is 261 g/mol. The van der Waals surface area contributed by atoms with Crippen molar-refractivity contribution in [3.8, 4) is 0 Å². The van der Waals surface area contributed by atoms with E-state index in [1.54, 1.807) is 0 Å². The van der Waals surface area contributed by atoms with Gasteiger partial charge in [-0.2, -0.15) is 0 Å². The predicted molar refractivity (Wildman–Crippen MR) is 70.0 cm³/mol. The van der Waals surface area contributed by atoms with Crippen molar-refractivity contribution in [1.82, 2.24) is 4.90 Å². The van der Waals surface area contributed by atoms with Crippen LogP contribution in [0, 0.1) is 11.8 Å². The number of aliphatic hydroxyl groups excluding tert-OH is 2. The van der Waals surface area contributed by atoms with Crippen molar-refractivity contribution >= 4 is 5.91 Å². The lowest BCUT2D eigenvalue weighted by molar-refractivity contribution is -0.141. The Kier molecular flexibility index (Phi) is 3.29. The Morgan fingerprint density at radius 3 is 2.63 bits per heavy atom. The van der Waals surface area contributed by atoms with Gasteiger partial charge in [0.25, 0.3) is 0 Å². The van der Waals surface area contributed by atoms with Gasteiger partial charge in [0.15, 0.2) is 0 Å². The molecule has 1 saturated carbocycles. The molecule has 1 amide bonds. The van der Waals surface area contributed by atoms with E-state index in [2.05, 4.69) is 0 Å². The fourth-order valence-electron chi connectivity index (χ4n) is 3.55. The van der Waals surface area contributed by atoms with Crippen molar-refractivity contribution in [3.05, 3.63) is 35.9 Å². The predicted octanol–water partition coefficient (Wildman–Crippen LogP) is 1.30. The molecular formula is C15H19NO3. The number of hydrogen-bond donors (Lipinski definition) is 2. The smallest absolute Gasteiger partial charge is 0.228 e. The highest BCUT2D eigenvalue weighted by molar-refractivity contribution is 5.82. The Morgan fingerprint density at radius 2 is 2.00 bits per heavy atom. The Morgan fingerprint density at radius 1 is 1.26 bits per heavy atom. The highest BCUT2D eigenvalue weighted by Crippen LogP contribution is 2.45. The molecule has 0 aromatic heterocycles. The Bertz CT molecular complexity index is 462. The van der Waals surface area contributed by atoms with Gasteiger partial charge in [0, 0.05) is 11.8 Å². The van der Waals surface area contributed by atoms with E-state index in [-0.39, 0.29) is 24.3 Å². The van der Waals surface area contributed by atoms with Crippen LogP contribution in [0.15, 0.2) is 30.3 Å². The fourth-order valence-corrected chi connectivity index (χ4v) is 3.55. The first-order chi connectivity index (χ1) is 9.24. The van der Waals surface area contributed by atoms with E-state index in [4.69, 9.17) is 0 Å². The van der Waals surface area contributed by atoms with Crippen LogP contribution in [0.5, 0.6) is 0 Å². The molecule has 1 unspecified atom stereocenters. The maximum absolute atomic E-state index is 12.4. The van der Waals surface area contributed by atoms with Crippen LogP contribution >= 0.6 is 0 Å². The van der Waals surface area contributed by atoms with Gasteiger partial charge in [-0.05, 0) is 18.4 Å². The molecule has 0 radical (unpaired) electrons. The van der Waals surface area contributed by atoms with E-state index in [1.807, 2.05) is 30.3 Å². The van der Waals surface area contributed by atoms with E-state index in [0.29, 0.717) is 0 Å². The van der Waals surface area contributed by atoms with Gasteiger partial charge in [-0.3, -0.25) is 4.79 Å². The van der Waals surface area contributed by atoms with Crippen LogP contribution in [0.3, 0.4) is 0 Å².